The molecule has 0 aromatic heterocycles. The van der Waals surface area contributed by atoms with Gasteiger partial charge in [-0.3, -0.25) is 0 Å². The zero-order valence-electron chi connectivity index (χ0n) is 14.2. The Kier molecular flexibility index (Phi) is 5.08. The smallest absolute Gasteiger partial charge is 0.332 e. The number of rotatable bonds is 4. The third-order valence-electron chi connectivity index (χ3n) is 4.67. The maximum atomic E-state index is 14.0. The van der Waals surface area contributed by atoms with Crippen LogP contribution in [0.15, 0.2) is 47.4 Å². The Morgan fingerprint density at radius 1 is 1.23 bits per heavy atom. The molecule has 3 rings (SSSR count). The number of ether oxygens (including phenoxy) is 1. The molecular weight excluding hydrogens is 379 g/mol. The van der Waals surface area contributed by atoms with E-state index in [-0.39, 0.29) is 23.5 Å². The largest absolute Gasteiger partial charge is 0.465 e. The molecule has 1 atom stereocenters. The lowest BCUT2D eigenvalue weighted by atomic mass is 9.82. The van der Waals surface area contributed by atoms with E-state index in [4.69, 9.17) is 16.3 Å². The summed E-state index contributed by atoms with van der Waals surface area (Å²) in [4.78, 5) is 12.9. The first-order chi connectivity index (χ1) is 12.3. The van der Waals surface area contributed by atoms with Crippen molar-refractivity contribution in [3.05, 3.63) is 64.4 Å². The van der Waals surface area contributed by atoms with Crippen LogP contribution in [0, 0.1) is 5.82 Å². The van der Waals surface area contributed by atoms with E-state index in [9.17, 15) is 17.6 Å². The summed E-state index contributed by atoms with van der Waals surface area (Å²) in [5.74, 6) is -1.47. The molecule has 0 amide bonds. The lowest BCUT2D eigenvalue weighted by Crippen LogP contribution is -2.47. The van der Waals surface area contributed by atoms with Gasteiger partial charge in [0.25, 0.3) is 0 Å². The highest BCUT2D eigenvalue weighted by Crippen LogP contribution is 2.46. The Hall–Kier alpha value is -1.92. The number of esters is 1. The summed E-state index contributed by atoms with van der Waals surface area (Å²) in [6.45, 7) is 1.64. The maximum Gasteiger partial charge on any atom is 0.332 e. The van der Waals surface area contributed by atoms with Crippen molar-refractivity contribution in [1.82, 2.24) is 0 Å². The average molecular weight is 397 g/mol. The minimum Gasteiger partial charge on any atom is -0.465 e. The second-order valence-electron chi connectivity index (χ2n) is 6.16. The molecule has 2 aromatic rings. The fourth-order valence-corrected chi connectivity index (χ4v) is 5.66. The monoisotopic (exact) mass is 396 g/mol. The minimum absolute atomic E-state index is 0.0291. The van der Waals surface area contributed by atoms with E-state index < -0.39 is 26.4 Å². The zero-order chi connectivity index (χ0) is 18.9. The summed E-state index contributed by atoms with van der Waals surface area (Å²) in [7, 11) is -4.19. The van der Waals surface area contributed by atoms with Gasteiger partial charge in [0, 0.05) is 5.02 Å². The van der Waals surface area contributed by atoms with Gasteiger partial charge in [0.05, 0.1) is 11.5 Å². The van der Waals surface area contributed by atoms with Crippen molar-refractivity contribution in [2.75, 3.05) is 6.61 Å². The summed E-state index contributed by atoms with van der Waals surface area (Å²) in [6, 6.07) is 9.55. The number of halogens is 2. The molecule has 0 aliphatic heterocycles. The Morgan fingerprint density at radius 2 is 1.92 bits per heavy atom. The van der Waals surface area contributed by atoms with Crippen LogP contribution in [0.3, 0.4) is 0 Å². The maximum absolute atomic E-state index is 14.0. The molecule has 138 valence electrons. The van der Waals surface area contributed by atoms with Crippen molar-refractivity contribution in [2.45, 2.75) is 35.8 Å². The molecule has 0 heterocycles. The van der Waals surface area contributed by atoms with Crippen molar-refractivity contribution in [1.29, 1.82) is 0 Å². The fraction of sp³-hybridized carbons (Fsp3) is 0.316. The minimum atomic E-state index is -4.19. The van der Waals surface area contributed by atoms with E-state index in [1.807, 2.05) is 0 Å². The Morgan fingerprint density at radius 3 is 2.58 bits per heavy atom. The third kappa shape index (κ3) is 2.91. The Bertz CT molecular complexity index is 941. The second kappa shape index (κ2) is 7.00. The van der Waals surface area contributed by atoms with Gasteiger partial charge in [0.2, 0.25) is 0 Å². The first-order valence-electron chi connectivity index (χ1n) is 8.29. The van der Waals surface area contributed by atoms with E-state index in [1.165, 1.54) is 36.4 Å². The molecule has 0 saturated carbocycles. The quantitative estimate of drug-likeness (QED) is 0.731. The van der Waals surface area contributed by atoms with Crippen LogP contribution in [0.2, 0.25) is 5.02 Å². The molecule has 0 N–H and O–H groups in total. The number of carbonyl (C=O) groups excluding carboxylic acids is 1. The highest BCUT2D eigenvalue weighted by atomic mass is 35.5. The van der Waals surface area contributed by atoms with Gasteiger partial charge >= 0.3 is 5.97 Å². The van der Waals surface area contributed by atoms with Crippen LogP contribution < -0.4 is 0 Å². The predicted molar refractivity (Wildman–Crippen MR) is 96.3 cm³/mol. The normalized spacial score (nSPS) is 19.7. The van der Waals surface area contributed by atoms with E-state index in [0.29, 0.717) is 23.4 Å². The van der Waals surface area contributed by atoms with Crippen molar-refractivity contribution in [3.63, 3.8) is 0 Å². The first-order valence-corrected chi connectivity index (χ1v) is 10.2. The highest BCUT2D eigenvalue weighted by molar-refractivity contribution is 7.93. The third-order valence-corrected chi connectivity index (χ3v) is 7.32. The van der Waals surface area contributed by atoms with Crippen LogP contribution in [0.1, 0.15) is 30.9 Å². The molecule has 4 nitrogen and oxygen atoms in total. The summed E-state index contributed by atoms with van der Waals surface area (Å²) in [5, 5.41) is 0.379. The van der Waals surface area contributed by atoms with Crippen LogP contribution in [0.4, 0.5) is 4.39 Å². The number of carbonyl (C=O) groups is 1. The molecule has 0 bridgehead atoms. The van der Waals surface area contributed by atoms with Gasteiger partial charge in [-0.2, -0.15) is 0 Å². The molecule has 7 heteroatoms. The second-order valence-corrected chi connectivity index (χ2v) is 8.77. The lowest BCUT2D eigenvalue weighted by Gasteiger charge is -2.36. The molecule has 1 aliphatic rings. The van der Waals surface area contributed by atoms with E-state index in [1.54, 1.807) is 6.92 Å². The molecule has 2 aromatic carbocycles. The van der Waals surface area contributed by atoms with E-state index in [2.05, 4.69) is 0 Å². The number of aryl methyl sites for hydroxylation is 1. The van der Waals surface area contributed by atoms with Crippen LogP contribution in [0.25, 0.3) is 0 Å². The van der Waals surface area contributed by atoms with Crippen molar-refractivity contribution in [2.24, 2.45) is 0 Å². The van der Waals surface area contributed by atoms with Gasteiger partial charge in [-0.25, -0.2) is 17.6 Å². The van der Waals surface area contributed by atoms with Crippen LogP contribution in [-0.2, 0) is 30.5 Å². The molecule has 26 heavy (non-hydrogen) atoms. The van der Waals surface area contributed by atoms with Crippen LogP contribution in [-0.4, -0.2) is 21.0 Å². The number of sulfone groups is 1. The van der Waals surface area contributed by atoms with Crippen LogP contribution in [0.5, 0.6) is 0 Å². The van der Waals surface area contributed by atoms with Crippen molar-refractivity contribution < 1.29 is 22.3 Å². The summed E-state index contributed by atoms with van der Waals surface area (Å²) in [6.07, 6.45) is 1.09. The topological polar surface area (TPSA) is 60.4 Å². The Labute approximate surface area is 156 Å². The zero-order valence-corrected chi connectivity index (χ0v) is 15.7. The van der Waals surface area contributed by atoms with Gasteiger partial charge in [-0.05, 0) is 73.7 Å². The van der Waals surface area contributed by atoms with Gasteiger partial charge < -0.3 is 4.74 Å². The SMILES string of the molecule is CCOC(=O)C1(S(=O)(=O)c2ccc(Cl)cc2)CCCc2ccc(F)cc21. The summed E-state index contributed by atoms with van der Waals surface area (Å²) < 4.78 is 44.2. The fourth-order valence-electron chi connectivity index (χ4n) is 3.47. The molecule has 0 radical (unpaired) electrons. The van der Waals surface area contributed by atoms with E-state index in [0.717, 1.165) is 6.07 Å². The molecule has 0 saturated heterocycles. The van der Waals surface area contributed by atoms with Gasteiger partial charge in [0.1, 0.15) is 5.82 Å². The van der Waals surface area contributed by atoms with Gasteiger partial charge in [-0.15, -0.1) is 0 Å². The highest BCUT2D eigenvalue weighted by Gasteiger charge is 2.56. The summed E-state index contributed by atoms with van der Waals surface area (Å²) >= 11 is 5.86. The van der Waals surface area contributed by atoms with Gasteiger partial charge in [-0.1, -0.05) is 17.7 Å². The molecule has 0 spiro atoms. The summed E-state index contributed by atoms with van der Waals surface area (Å²) in [5.41, 5.74) is 0.806. The predicted octanol–water partition coefficient (Wildman–Crippen LogP) is 4.05. The van der Waals surface area contributed by atoms with E-state index >= 15 is 0 Å². The van der Waals surface area contributed by atoms with Crippen LogP contribution >= 0.6 is 11.6 Å². The average Bonchev–Trinajstić information content (AvgIpc) is 2.61. The lowest BCUT2D eigenvalue weighted by molar-refractivity contribution is -0.147. The standard InChI is InChI=1S/C19H18ClFO4S/c1-2-25-18(22)19(26(23,24)16-9-6-14(20)7-10-16)11-3-4-13-5-8-15(21)12-17(13)19/h5-10,12H,2-4,11H2,1H3. The Balaban J connectivity index is 2.30. The first kappa shape index (κ1) is 18.9. The van der Waals surface area contributed by atoms with Gasteiger partial charge in [0.15, 0.2) is 14.6 Å². The number of hydrogen-bond acceptors (Lipinski definition) is 4. The van der Waals surface area contributed by atoms with Crippen molar-refractivity contribution >= 4 is 27.4 Å². The number of benzene rings is 2. The molecule has 1 unspecified atom stereocenters. The number of hydrogen-bond donors (Lipinski definition) is 0. The molecule has 0 fully saturated rings. The van der Waals surface area contributed by atoms with Crippen molar-refractivity contribution in [3.8, 4) is 0 Å². The number of fused-ring (bicyclic) bond motifs is 1. The molecule has 1 aliphatic carbocycles. The molecular formula is C19H18ClFO4S.